The number of aromatic carboxylic acids is 1. The van der Waals surface area contributed by atoms with Crippen molar-refractivity contribution >= 4 is 15.8 Å². The molecule has 1 unspecified atom stereocenters. The van der Waals surface area contributed by atoms with Crippen LogP contribution in [0.15, 0.2) is 29.2 Å². The summed E-state index contributed by atoms with van der Waals surface area (Å²) in [4.78, 5) is 13.2. The number of carboxylic acids is 1. The van der Waals surface area contributed by atoms with E-state index in [2.05, 4.69) is 11.8 Å². The number of rotatable bonds is 6. The number of hydrogen-bond acceptors (Lipinski definition) is 4. The molecule has 5 nitrogen and oxygen atoms in total. The summed E-state index contributed by atoms with van der Waals surface area (Å²) < 4.78 is 24.6. The third kappa shape index (κ3) is 4.04. The van der Waals surface area contributed by atoms with Gasteiger partial charge in [-0.3, -0.25) is 0 Å². The zero-order valence-corrected chi connectivity index (χ0v) is 13.0. The molecule has 2 rings (SSSR count). The van der Waals surface area contributed by atoms with Gasteiger partial charge >= 0.3 is 5.97 Å². The Morgan fingerprint density at radius 3 is 2.81 bits per heavy atom. The van der Waals surface area contributed by atoms with Crippen LogP contribution in [-0.4, -0.2) is 49.8 Å². The average molecular weight is 311 g/mol. The molecule has 116 valence electrons. The maximum atomic E-state index is 12.3. The minimum atomic E-state index is -3.43. The summed E-state index contributed by atoms with van der Waals surface area (Å²) in [5, 5.41) is 8.93. The van der Waals surface area contributed by atoms with Crippen molar-refractivity contribution in [3.63, 3.8) is 0 Å². The smallest absolute Gasteiger partial charge is 0.335 e. The Labute approximate surface area is 125 Å². The maximum absolute atomic E-state index is 12.3. The first kappa shape index (κ1) is 16.0. The Balaban J connectivity index is 2.02. The summed E-state index contributed by atoms with van der Waals surface area (Å²) in [5.74, 6) is -0.410. The van der Waals surface area contributed by atoms with Crippen molar-refractivity contribution in [3.8, 4) is 0 Å². The number of carbonyl (C=O) groups is 1. The molecule has 1 fully saturated rings. The summed E-state index contributed by atoms with van der Waals surface area (Å²) in [6.45, 7) is 4.57. The van der Waals surface area contributed by atoms with E-state index in [0.29, 0.717) is 12.5 Å². The van der Waals surface area contributed by atoms with E-state index in [1.54, 1.807) is 0 Å². The van der Waals surface area contributed by atoms with Crippen LogP contribution >= 0.6 is 0 Å². The normalized spacial score (nSPS) is 19.8. The van der Waals surface area contributed by atoms with Crippen LogP contribution in [-0.2, 0) is 9.84 Å². The molecule has 1 N–H and O–H groups in total. The Hall–Kier alpha value is -1.40. The molecule has 1 aromatic carbocycles. The molecular weight excluding hydrogens is 290 g/mol. The van der Waals surface area contributed by atoms with Gasteiger partial charge in [-0.1, -0.05) is 19.4 Å². The molecule has 6 heteroatoms. The Morgan fingerprint density at radius 1 is 1.43 bits per heavy atom. The Morgan fingerprint density at radius 2 is 2.19 bits per heavy atom. The van der Waals surface area contributed by atoms with Gasteiger partial charge in [0.1, 0.15) is 0 Å². The van der Waals surface area contributed by atoms with Crippen molar-refractivity contribution < 1.29 is 18.3 Å². The van der Waals surface area contributed by atoms with E-state index in [1.807, 2.05) is 0 Å². The third-order valence-electron chi connectivity index (χ3n) is 4.06. The van der Waals surface area contributed by atoms with Crippen LogP contribution in [0, 0.1) is 5.92 Å². The lowest BCUT2D eigenvalue weighted by Crippen LogP contribution is -2.27. The van der Waals surface area contributed by atoms with Crippen LogP contribution in [0.5, 0.6) is 0 Å². The van der Waals surface area contributed by atoms with Gasteiger partial charge in [0.25, 0.3) is 0 Å². The van der Waals surface area contributed by atoms with Crippen LogP contribution in [0.3, 0.4) is 0 Å². The summed E-state index contributed by atoms with van der Waals surface area (Å²) in [6.07, 6.45) is 2.26. The van der Waals surface area contributed by atoms with E-state index in [1.165, 1.54) is 24.3 Å². The van der Waals surface area contributed by atoms with E-state index in [9.17, 15) is 13.2 Å². The highest BCUT2D eigenvalue weighted by Gasteiger charge is 2.23. The van der Waals surface area contributed by atoms with Crippen molar-refractivity contribution in [2.75, 3.05) is 25.4 Å². The van der Waals surface area contributed by atoms with Crippen LogP contribution in [0.2, 0.25) is 0 Å². The van der Waals surface area contributed by atoms with Crippen LogP contribution in [0.25, 0.3) is 0 Å². The van der Waals surface area contributed by atoms with Gasteiger partial charge in [-0.05, 0) is 37.1 Å². The molecule has 0 radical (unpaired) electrons. The number of likely N-dealkylation sites (tertiary alicyclic amines) is 1. The molecule has 1 saturated heterocycles. The second kappa shape index (κ2) is 6.58. The van der Waals surface area contributed by atoms with Crippen molar-refractivity contribution in [3.05, 3.63) is 29.8 Å². The minimum Gasteiger partial charge on any atom is -0.478 e. The summed E-state index contributed by atoms with van der Waals surface area (Å²) in [6, 6.07) is 5.56. The predicted octanol–water partition coefficient (Wildman–Crippen LogP) is 1.89. The molecule has 1 atom stereocenters. The Bertz CT molecular complexity index is 612. The maximum Gasteiger partial charge on any atom is 0.335 e. The molecule has 0 saturated carbocycles. The zero-order chi connectivity index (χ0) is 15.5. The quantitative estimate of drug-likeness (QED) is 0.868. The number of sulfone groups is 1. The molecule has 0 aromatic heterocycles. The number of hydrogen-bond donors (Lipinski definition) is 1. The molecular formula is C15H21NO4S. The van der Waals surface area contributed by atoms with Gasteiger partial charge in [0, 0.05) is 13.1 Å². The lowest BCUT2D eigenvalue weighted by Gasteiger charge is -2.15. The van der Waals surface area contributed by atoms with Gasteiger partial charge in [-0.2, -0.15) is 0 Å². The van der Waals surface area contributed by atoms with Crippen molar-refractivity contribution in [2.24, 2.45) is 5.92 Å². The van der Waals surface area contributed by atoms with Crippen LogP contribution < -0.4 is 0 Å². The van der Waals surface area contributed by atoms with Crippen LogP contribution in [0.4, 0.5) is 0 Å². The topological polar surface area (TPSA) is 74.7 Å². The SMILES string of the molecule is CCC1CCN(CCS(=O)(=O)c2cccc(C(=O)O)c2)C1. The van der Waals surface area contributed by atoms with Crippen LogP contribution in [0.1, 0.15) is 30.1 Å². The standard InChI is InChI=1S/C15H21NO4S/c1-2-12-6-7-16(11-12)8-9-21(19,20)14-5-3-4-13(10-14)15(17)18/h3-5,10,12H,2,6-9,11H2,1H3,(H,17,18). The molecule has 1 aromatic rings. The number of nitrogens with zero attached hydrogens (tertiary/aromatic N) is 1. The van der Waals surface area contributed by atoms with Gasteiger partial charge < -0.3 is 10.0 Å². The van der Waals surface area contributed by atoms with Gasteiger partial charge in [0.2, 0.25) is 0 Å². The van der Waals surface area contributed by atoms with Crippen molar-refractivity contribution in [1.82, 2.24) is 4.90 Å². The summed E-state index contributed by atoms with van der Waals surface area (Å²) >= 11 is 0. The van der Waals surface area contributed by atoms with E-state index >= 15 is 0 Å². The first-order chi connectivity index (χ1) is 9.92. The second-order valence-corrected chi connectivity index (χ2v) is 7.62. The fourth-order valence-corrected chi connectivity index (χ4v) is 3.97. The lowest BCUT2D eigenvalue weighted by molar-refractivity contribution is 0.0696. The fraction of sp³-hybridized carbons (Fsp3) is 0.533. The molecule has 0 amide bonds. The zero-order valence-electron chi connectivity index (χ0n) is 12.2. The average Bonchev–Trinajstić information content (AvgIpc) is 2.93. The van der Waals surface area contributed by atoms with E-state index in [-0.39, 0.29) is 16.2 Å². The number of carboxylic acid groups (broad SMARTS) is 1. The Kier molecular flexibility index (Phi) is 5.00. The second-order valence-electron chi connectivity index (χ2n) is 5.52. The first-order valence-corrected chi connectivity index (χ1v) is 8.86. The molecule has 0 spiro atoms. The summed E-state index contributed by atoms with van der Waals surface area (Å²) in [7, 11) is -3.43. The van der Waals surface area contributed by atoms with Gasteiger partial charge in [-0.15, -0.1) is 0 Å². The highest BCUT2D eigenvalue weighted by molar-refractivity contribution is 7.91. The van der Waals surface area contributed by atoms with Crippen molar-refractivity contribution in [1.29, 1.82) is 0 Å². The van der Waals surface area contributed by atoms with Gasteiger partial charge in [0.05, 0.1) is 16.2 Å². The number of benzene rings is 1. The van der Waals surface area contributed by atoms with E-state index in [0.717, 1.165) is 25.9 Å². The minimum absolute atomic E-state index is 0.00305. The van der Waals surface area contributed by atoms with E-state index in [4.69, 9.17) is 5.11 Å². The monoisotopic (exact) mass is 311 g/mol. The fourth-order valence-electron chi connectivity index (χ4n) is 2.64. The molecule has 1 aliphatic rings. The van der Waals surface area contributed by atoms with Gasteiger partial charge in [-0.25, -0.2) is 13.2 Å². The molecule has 1 aliphatic heterocycles. The van der Waals surface area contributed by atoms with Crippen molar-refractivity contribution in [2.45, 2.75) is 24.7 Å². The highest BCUT2D eigenvalue weighted by atomic mass is 32.2. The third-order valence-corrected chi connectivity index (χ3v) is 5.76. The summed E-state index contributed by atoms with van der Waals surface area (Å²) in [5.41, 5.74) is 0.00305. The van der Waals surface area contributed by atoms with E-state index < -0.39 is 15.8 Å². The molecule has 21 heavy (non-hydrogen) atoms. The highest BCUT2D eigenvalue weighted by Crippen LogP contribution is 2.20. The van der Waals surface area contributed by atoms with Gasteiger partial charge in [0.15, 0.2) is 9.84 Å². The first-order valence-electron chi connectivity index (χ1n) is 7.21. The molecule has 1 heterocycles. The molecule has 0 aliphatic carbocycles. The largest absolute Gasteiger partial charge is 0.478 e. The predicted molar refractivity (Wildman–Crippen MR) is 80.3 cm³/mol. The molecule has 0 bridgehead atoms. The lowest BCUT2D eigenvalue weighted by atomic mass is 10.1.